The van der Waals surface area contributed by atoms with Crippen molar-refractivity contribution in [1.82, 2.24) is 25.0 Å². The number of rotatable bonds is 5. The Balaban J connectivity index is 1.66. The standard InChI is InChI=1S/C13H23N5O/c1-11-3-6-17(7-4-11)8-5-15-13(19)12(2)18-10-14-9-16-18/h9-12H,3-8H2,1-2H3,(H,15,19)/t12-/m0/s1. The molecule has 0 radical (unpaired) electrons. The summed E-state index contributed by atoms with van der Waals surface area (Å²) in [6.07, 6.45) is 5.54. The summed E-state index contributed by atoms with van der Waals surface area (Å²) >= 11 is 0. The number of hydrogen-bond acceptors (Lipinski definition) is 4. The summed E-state index contributed by atoms with van der Waals surface area (Å²) in [5.74, 6) is 0.842. The van der Waals surface area contributed by atoms with Crippen molar-refractivity contribution in [3.05, 3.63) is 12.7 Å². The van der Waals surface area contributed by atoms with E-state index in [9.17, 15) is 4.79 Å². The molecule has 1 aromatic heterocycles. The Labute approximate surface area is 114 Å². The molecule has 0 bridgehead atoms. The predicted octanol–water partition coefficient (Wildman–Crippen LogP) is 0.687. The fraction of sp³-hybridized carbons (Fsp3) is 0.769. The van der Waals surface area contributed by atoms with E-state index in [2.05, 4.69) is 27.2 Å². The van der Waals surface area contributed by atoms with Crippen LogP contribution in [0.5, 0.6) is 0 Å². The Hall–Kier alpha value is -1.43. The first-order chi connectivity index (χ1) is 9.16. The van der Waals surface area contributed by atoms with E-state index in [-0.39, 0.29) is 11.9 Å². The largest absolute Gasteiger partial charge is 0.353 e. The summed E-state index contributed by atoms with van der Waals surface area (Å²) in [6, 6.07) is -0.302. The number of likely N-dealkylation sites (tertiary alicyclic amines) is 1. The van der Waals surface area contributed by atoms with Gasteiger partial charge < -0.3 is 10.2 Å². The van der Waals surface area contributed by atoms with Crippen LogP contribution in [0.3, 0.4) is 0 Å². The molecule has 1 aliphatic heterocycles. The van der Waals surface area contributed by atoms with Gasteiger partial charge in [0, 0.05) is 13.1 Å². The Morgan fingerprint density at radius 3 is 2.84 bits per heavy atom. The molecule has 0 unspecified atom stereocenters. The van der Waals surface area contributed by atoms with E-state index in [4.69, 9.17) is 0 Å². The molecule has 0 saturated carbocycles. The molecule has 0 aromatic carbocycles. The van der Waals surface area contributed by atoms with Gasteiger partial charge in [0.25, 0.3) is 0 Å². The van der Waals surface area contributed by atoms with Gasteiger partial charge in [-0.25, -0.2) is 9.67 Å². The van der Waals surface area contributed by atoms with E-state index >= 15 is 0 Å². The highest BCUT2D eigenvalue weighted by Gasteiger charge is 2.17. The van der Waals surface area contributed by atoms with Crippen LogP contribution < -0.4 is 5.32 Å². The highest BCUT2D eigenvalue weighted by Crippen LogP contribution is 2.15. The molecule has 1 saturated heterocycles. The average molecular weight is 265 g/mol. The van der Waals surface area contributed by atoms with Crippen molar-refractivity contribution in [1.29, 1.82) is 0 Å². The number of nitrogens with one attached hydrogen (secondary N) is 1. The molecular weight excluding hydrogens is 242 g/mol. The van der Waals surface area contributed by atoms with E-state index < -0.39 is 0 Å². The maximum atomic E-state index is 11.9. The second-order valence-electron chi connectivity index (χ2n) is 5.37. The van der Waals surface area contributed by atoms with Crippen LogP contribution in [-0.4, -0.2) is 51.8 Å². The minimum absolute atomic E-state index is 0.00382. The van der Waals surface area contributed by atoms with Crippen LogP contribution in [0.1, 0.15) is 32.7 Å². The lowest BCUT2D eigenvalue weighted by Gasteiger charge is -2.30. The molecule has 1 aliphatic rings. The van der Waals surface area contributed by atoms with Crippen LogP contribution in [0.2, 0.25) is 0 Å². The van der Waals surface area contributed by atoms with E-state index in [0.717, 1.165) is 25.6 Å². The number of aromatic nitrogens is 3. The van der Waals surface area contributed by atoms with E-state index in [1.54, 1.807) is 11.0 Å². The summed E-state index contributed by atoms with van der Waals surface area (Å²) in [6.45, 7) is 8.06. The smallest absolute Gasteiger partial charge is 0.244 e. The first-order valence-corrected chi connectivity index (χ1v) is 7.01. The van der Waals surface area contributed by atoms with E-state index in [1.807, 2.05) is 6.92 Å². The van der Waals surface area contributed by atoms with Gasteiger partial charge in [-0.1, -0.05) is 6.92 Å². The quantitative estimate of drug-likeness (QED) is 0.850. The Morgan fingerprint density at radius 2 is 2.21 bits per heavy atom. The molecule has 6 nitrogen and oxygen atoms in total. The van der Waals surface area contributed by atoms with E-state index in [0.29, 0.717) is 6.54 Å². The van der Waals surface area contributed by atoms with Gasteiger partial charge in [-0.15, -0.1) is 0 Å². The fourth-order valence-corrected chi connectivity index (χ4v) is 2.31. The zero-order valence-corrected chi connectivity index (χ0v) is 11.7. The summed E-state index contributed by atoms with van der Waals surface area (Å²) in [4.78, 5) is 18.2. The lowest BCUT2D eigenvalue weighted by molar-refractivity contribution is -0.124. The second-order valence-corrected chi connectivity index (χ2v) is 5.37. The van der Waals surface area contributed by atoms with Gasteiger partial charge in [0.2, 0.25) is 5.91 Å². The summed E-state index contributed by atoms with van der Waals surface area (Å²) in [5, 5.41) is 6.94. The fourth-order valence-electron chi connectivity index (χ4n) is 2.31. The third-order valence-electron chi connectivity index (χ3n) is 3.82. The first-order valence-electron chi connectivity index (χ1n) is 7.01. The van der Waals surface area contributed by atoms with Gasteiger partial charge in [0.15, 0.2) is 0 Å². The van der Waals surface area contributed by atoms with Gasteiger partial charge in [0.05, 0.1) is 0 Å². The number of hydrogen-bond donors (Lipinski definition) is 1. The van der Waals surface area contributed by atoms with Crippen molar-refractivity contribution < 1.29 is 4.79 Å². The molecule has 0 spiro atoms. The lowest BCUT2D eigenvalue weighted by atomic mass is 9.99. The Morgan fingerprint density at radius 1 is 1.47 bits per heavy atom. The molecule has 106 valence electrons. The monoisotopic (exact) mass is 265 g/mol. The molecule has 19 heavy (non-hydrogen) atoms. The van der Waals surface area contributed by atoms with Crippen LogP contribution in [0.25, 0.3) is 0 Å². The van der Waals surface area contributed by atoms with Crippen molar-refractivity contribution >= 4 is 5.91 Å². The molecule has 2 heterocycles. The zero-order valence-electron chi connectivity index (χ0n) is 11.7. The number of piperidine rings is 1. The molecule has 0 aliphatic carbocycles. The molecule has 1 aromatic rings. The van der Waals surface area contributed by atoms with E-state index in [1.165, 1.54) is 19.2 Å². The van der Waals surface area contributed by atoms with Crippen LogP contribution in [-0.2, 0) is 4.79 Å². The van der Waals surface area contributed by atoms with Gasteiger partial charge in [0.1, 0.15) is 18.7 Å². The number of carbonyl (C=O) groups excluding carboxylic acids is 1. The Kier molecular flexibility index (Phi) is 4.90. The van der Waals surface area contributed by atoms with Crippen molar-refractivity contribution in [3.63, 3.8) is 0 Å². The van der Waals surface area contributed by atoms with Crippen LogP contribution >= 0.6 is 0 Å². The predicted molar refractivity (Wildman–Crippen MR) is 72.6 cm³/mol. The third kappa shape index (κ3) is 4.02. The first kappa shape index (κ1) is 14.0. The van der Waals surface area contributed by atoms with Gasteiger partial charge >= 0.3 is 0 Å². The van der Waals surface area contributed by atoms with Crippen LogP contribution in [0.4, 0.5) is 0 Å². The number of amides is 1. The third-order valence-corrected chi connectivity index (χ3v) is 3.82. The Bertz CT molecular complexity index is 384. The van der Waals surface area contributed by atoms with Crippen molar-refractivity contribution in [2.24, 2.45) is 5.92 Å². The van der Waals surface area contributed by atoms with Crippen molar-refractivity contribution in [2.45, 2.75) is 32.7 Å². The van der Waals surface area contributed by atoms with Crippen molar-refractivity contribution in [3.8, 4) is 0 Å². The highest BCUT2D eigenvalue weighted by molar-refractivity contribution is 5.79. The minimum Gasteiger partial charge on any atom is -0.353 e. The number of nitrogens with zero attached hydrogens (tertiary/aromatic N) is 4. The second kappa shape index (κ2) is 6.65. The maximum absolute atomic E-state index is 11.9. The molecule has 6 heteroatoms. The SMILES string of the molecule is CC1CCN(CCNC(=O)[C@H](C)n2cncn2)CC1. The maximum Gasteiger partial charge on any atom is 0.244 e. The van der Waals surface area contributed by atoms with Gasteiger partial charge in [-0.2, -0.15) is 5.10 Å². The molecular formula is C13H23N5O. The topological polar surface area (TPSA) is 63.1 Å². The molecule has 1 N–H and O–H groups in total. The minimum atomic E-state index is -0.302. The lowest BCUT2D eigenvalue weighted by Crippen LogP contribution is -2.40. The summed E-state index contributed by atoms with van der Waals surface area (Å²) < 4.78 is 1.57. The van der Waals surface area contributed by atoms with Gasteiger partial charge in [-0.3, -0.25) is 4.79 Å². The summed E-state index contributed by atoms with van der Waals surface area (Å²) in [7, 11) is 0. The molecule has 1 amide bonds. The van der Waals surface area contributed by atoms with Crippen LogP contribution in [0, 0.1) is 5.92 Å². The average Bonchev–Trinajstić information content (AvgIpc) is 2.94. The highest BCUT2D eigenvalue weighted by atomic mass is 16.2. The van der Waals surface area contributed by atoms with Gasteiger partial charge in [-0.05, 0) is 38.8 Å². The number of carbonyl (C=O) groups is 1. The van der Waals surface area contributed by atoms with Crippen molar-refractivity contribution in [2.75, 3.05) is 26.2 Å². The summed E-state index contributed by atoms with van der Waals surface area (Å²) in [5.41, 5.74) is 0. The van der Waals surface area contributed by atoms with Crippen LogP contribution in [0.15, 0.2) is 12.7 Å². The zero-order chi connectivity index (χ0) is 13.7. The molecule has 1 atom stereocenters. The molecule has 1 fully saturated rings. The molecule has 2 rings (SSSR count). The normalized spacial score (nSPS) is 19.3.